The summed E-state index contributed by atoms with van der Waals surface area (Å²) in [5, 5.41) is 0. The lowest BCUT2D eigenvalue weighted by molar-refractivity contribution is 0.0735. The Bertz CT molecular complexity index is 471. The summed E-state index contributed by atoms with van der Waals surface area (Å²) in [4.78, 5) is 14.4. The molecule has 1 aromatic carbocycles. The van der Waals surface area contributed by atoms with Crippen molar-refractivity contribution in [2.75, 3.05) is 6.54 Å². The second-order valence-electron chi connectivity index (χ2n) is 5.54. The highest BCUT2D eigenvalue weighted by Crippen LogP contribution is 2.29. The molecule has 104 valence electrons. The van der Waals surface area contributed by atoms with Gasteiger partial charge in [0, 0.05) is 18.2 Å². The highest BCUT2D eigenvalue weighted by atomic mass is 79.9. The second-order valence-corrected chi connectivity index (χ2v) is 6.40. The molecule has 1 aromatic rings. The van der Waals surface area contributed by atoms with E-state index in [0.29, 0.717) is 22.0 Å². The zero-order chi connectivity index (χ0) is 14.0. The maximum absolute atomic E-state index is 13.2. The number of hydrogen-bond donors (Lipinski definition) is 0. The summed E-state index contributed by atoms with van der Waals surface area (Å²) in [5.41, 5.74) is 0.559. The van der Waals surface area contributed by atoms with E-state index in [-0.39, 0.29) is 11.7 Å². The van der Waals surface area contributed by atoms with Gasteiger partial charge in [-0.15, -0.1) is 0 Å². The standard InChI is InChI=1S/C15H19BrFNO/c1-10(2)7-8-18(12-4-5-12)15(19)11-3-6-14(17)13(16)9-11/h3,6,9-10,12H,4-5,7-8H2,1-2H3. The van der Waals surface area contributed by atoms with Crippen molar-refractivity contribution in [1.29, 1.82) is 0 Å². The Hall–Kier alpha value is -0.900. The van der Waals surface area contributed by atoms with Crippen LogP contribution in [0, 0.1) is 11.7 Å². The number of carbonyl (C=O) groups is 1. The van der Waals surface area contributed by atoms with E-state index >= 15 is 0 Å². The molecule has 0 unspecified atom stereocenters. The molecule has 2 rings (SSSR count). The molecule has 0 heterocycles. The van der Waals surface area contributed by atoms with E-state index in [9.17, 15) is 9.18 Å². The van der Waals surface area contributed by atoms with Crippen molar-refractivity contribution in [2.45, 2.75) is 39.2 Å². The molecule has 1 amide bonds. The van der Waals surface area contributed by atoms with Crippen LogP contribution in [0.25, 0.3) is 0 Å². The lowest BCUT2D eigenvalue weighted by Crippen LogP contribution is -2.34. The summed E-state index contributed by atoms with van der Waals surface area (Å²) in [6.07, 6.45) is 3.18. The normalized spacial score (nSPS) is 14.8. The Morgan fingerprint density at radius 2 is 2.16 bits per heavy atom. The SMILES string of the molecule is CC(C)CCN(C(=O)c1ccc(F)c(Br)c1)C1CC1. The molecule has 0 atom stereocenters. The van der Waals surface area contributed by atoms with E-state index in [2.05, 4.69) is 29.8 Å². The molecule has 0 spiro atoms. The lowest BCUT2D eigenvalue weighted by Gasteiger charge is -2.23. The van der Waals surface area contributed by atoms with Crippen LogP contribution >= 0.6 is 15.9 Å². The molecule has 1 aliphatic rings. The van der Waals surface area contributed by atoms with Crippen LogP contribution in [0.1, 0.15) is 43.5 Å². The quantitative estimate of drug-likeness (QED) is 0.792. The van der Waals surface area contributed by atoms with Gasteiger partial charge in [0.25, 0.3) is 5.91 Å². The number of rotatable bonds is 5. The molecule has 0 N–H and O–H groups in total. The van der Waals surface area contributed by atoms with Gasteiger partial charge in [0.1, 0.15) is 5.82 Å². The predicted molar refractivity (Wildman–Crippen MR) is 77.6 cm³/mol. The van der Waals surface area contributed by atoms with E-state index in [1.807, 2.05) is 4.90 Å². The van der Waals surface area contributed by atoms with Crippen LogP contribution in [-0.4, -0.2) is 23.4 Å². The van der Waals surface area contributed by atoms with Gasteiger partial charge in [-0.05, 0) is 59.3 Å². The maximum atomic E-state index is 13.2. The van der Waals surface area contributed by atoms with Crippen molar-refractivity contribution < 1.29 is 9.18 Å². The monoisotopic (exact) mass is 327 g/mol. The third-order valence-electron chi connectivity index (χ3n) is 3.36. The smallest absolute Gasteiger partial charge is 0.254 e. The van der Waals surface area contributed by atoms with Gasteiger partial charge in [-0.25, -0.2) is 4.39 Å². The second kappa shape index (κ2) is 6.04. The van der Waals surface area contributed by atoms with E-state index in [1.165, 1.54) is 6.07 Å². The minimum absolute atomic E-state index is 0.0175. The van der Waals surface area contributed by atoms with Crippen molar-refractivity contribution in [3.05, 3.63) is 34.1 Å². The van der Waals surface area contributed by atoms with Gasteiger partial charge in [-0.3, -0.25) is 4.79 Å². The van der Waals surface area contributed by atoms with Crippen LogP contribution in [0.3, 0.4) is 0 Å². The molecule has 0 aromatic heterocycles. The molecular formula is C15H19BrFNO. The first-order valence-corrected chi connectivity index (χ1v) is 7.54. The first-order valence-electron chi connectivity index (χ1n) is 6.75. The van der Waals surface area contributed by atoms with Gasteiger partial charge < -0.3 is 4.90 Å². The minimum Gasteiger partial charge on any atom is -0.336 e. The van der Waals surface area contributed by atoms with Gasteiger partial charge in [0.2, 0.25) is 0 Å². The zero-order valence-corrected chi connectivity index (χ0v) is 12.9. The highest BCUT2D eigenvalue weighted by Gasteiger charge is 2.32. The molecule has 2 nitrogen and oxygen atoms in total. The average Bonchev–Trinajstić information content (AvgIpc) is 3.16. The van der Waals surface area contributed by atoms with Crippen molar-refractivity contribution in [2.24, 2.45) is 5.92 Å². The van der Waals surface area contributed by atoms with Gasteiger partial charge in [-0.2, -0.15) is 0 Å². The summed E-state index contributed by atoms with van der Waals surface area (Å²) in [5.74, 6) is 0.259. The number of halogens is 2. The summed E-state index contributed by atoms with van der Waals surface area (Å²) in [7, 11) is 0. The number of nitrogens with zero attached hydrogens (tertiary/aromatic N) is 1. The van der Waals surface area contributed by atoms with E-state index < -0.39 is 0 Å². The fourth-order valence-corrected chi connectivity index (χ4v) is 2.41. The zero-order valence-electron chi connectivity index (χ0n) is 11.3. The summed E-state index contributed by atoms with van der Waals surface area (Å²) < 4.78 is 13.6. The van der Waals surface area contributed by atoms with Crippen LogP contribution in [-0.2, 0) is 0 Å². The van der Waals surface area contributed by atoms with Crippen molar-refractivity contribution in [1.82, 2.24) is 4.90 Å². The van der Waals surface area contributed by atoms with Crippen molar-refractivity contribution in [3.63, 3.8) is 0 Å². The molecule has 19 heavy (non-hydrogen) atoms. The van der Waals surface area contributed by atoms with Gasteiger partial charge >= 0.3 is 0 Å². The summed E-state index contributed by atoms with van der Waals surface area (Å²) >= 11 is 3.13. The Balaban J connectivity index is 2.12. The van der Waals surface area contributed by atoms with Gasteiger partial charge in [0.05, 0.1) is 4.47 Å². The molecular weight excluding hydrogens is 309 g/mol. The minimum atomic E-state index is -0.336. The van der Waals surface area contributed by atoms with Crippen LogP contribution in [0.15, 0.2) is 22.7 Å². The van der Waals surface area contributed by atoms with Crippen LogP contribution < -0.4 is 0 Å². The molecule has 1 saturated carbocycles. The Morgan fingerprint density at radius 3 is 2.68 bits per heavy atom. The molecule has 4 heteroatoms. The third kappa shape index (κ3) is 3.78. The predicted octanol–water partition coefficient (Wildman–Crippen LogP) is 4.24. The van der Waals surface area contributed by atoms with Crippen molar-refractivity contribution in [3.8, 4) is 0 Å². The summed E-state index contributed by atoms with van der Waals surface area (Å²) in [6.45, 7) is 5.10. The molecule has 1 aliphatic carbocycles. The first kappa shape index (κ1) is 14.5. The summed E-state index contributed by atoms with van der Waals surface area (Å²) in [6, 6.07) is 4.86. The number of hydrogen-bond acceptors (Lipinski definition) is 1. The molecule has 1 fully saturated rings. The maximum Gasteiger partial charge on any atom is 0.254 e. The Morgan fingerprint density at radius 1 is 1.47 bits per heavy atom. The van der Waals surface area contributed by atoms with Crippen LogP contribution in [0.4, 0.5) is 4.39 Å². The average molecular weight is 328 g/mol. The molecule has 0 saturated heterocycles. The Labute approximate surface area is 122 Å². The molecule has 0 aliphatic heterocycles. The van der Waals surface area contributed by atoms with E-state index in [4.69, 9.17) is 0 Å². The highest BCUT2D eigenvalue weighted by molar-refractivity contribution is 9.10. The fourth-order valence-electron chi connectivity index (χ4n) is 2.03. The topological polar surface area (TPSA) is 20.3 Å². The van der Waals surface area contributed by atoms with Crippen LogP contribution in [0.2, 0.25) is 0 Å². The number of carbonyl (C=O) groups excluding carboxylic acids is 1. The van der Waals surface area contributed by atoms with E-state index in [0.717, 1.165) is 25.8 Å². The van der Waals surface area contributed by atoms with Crippen molar-refractivity contribution >= 4 is 21.8 Å². The molecule has 0 bridgehead atoms. The van der Waals surface area contributed by atoms with Crippen LogP contribution in [0.5, 0.6) is 0 Å². The van der Waals surface area contributed by atoms with E-state index in [1.54, 1.807) is 12.1 Å². The third-order valence-corrected chi connectivity index (χ3v) is 3.97. The fraction of sp³-hybridized carbons (Fsp3) is 0.533. The first-order chi connectivity index (χ1) is 8.99. The Kier molecular flexibility index (Phi) is 4.61. The largest absolute Gasteiger partial charge is 0.336 e. The number of benzene rings is 1. The van der Waals surface area contributed by atoms with Gasteiger partial charge in [-0.1, -0.05) is 13.8 Å². The molecule has 0 radical (unpaired) electrons. The number of amides is 1. The lowest BCUT2D eigenvalue weighted by atomic mass is 10.1. The van der Waals surface area contributed by atoms with Gasteiger partial charge in [0.15, 0.2) is 0 Å².